The molecule has 1 amide bonds. The van der Waals surface area contributed by atoms with E-state index < -0.39 is 21.7 Å². The van der Waals surface area contributed by atoms with Crippen LogP contribution in [-0.4, -0.2) is 57.5 Å². The Balaban J connectivity index is 1.34. The SMILES string of the molecule is COc1cc2c(cc1OC)[C@H]1[C@@H]3[C@@H]4C=C[C@@H](C4)[C@]3([S@](=O)C[C@]34CC[C@H](C[C@H]3O)C4(C)C)C(=O)N1CC2. The van der Waals surface area contributed by atoms with E-state index in [0.717, 1.165) is 37.7 Å². The number of benzene rings is 1. The van der Waals surface area contributed by atoms with Crippen molar-refractivity contribution in [2.45, 2.75) is 62.8 Å². The predicted molar refractivity (Wildman–Crippen MR) is 137 cm³/mol. The lowest BCUT2D eigenvalue weighted by atomic mass is 9.70. The number of carbonyl (C=O) groups excluding carboxylic acids is 1. The van der Waals surface area contributed by atoms with Gasteiger partial charge in [-0.3, -0.25) is 9.00 Å². The summed E-state index contributed by atoms with van der Waals surface area (Å²) in [5, 5.41) is 11.2. The summed E-state index contributed by atoms with van der Waals surface area (Å²) in [5.41, 5.74) is 1.88. The molecule has 7 heteroatoms. The molecule has 9 atom stereocenters. The van der Waals surface area contributed by atoms with Gasteiger partial charge in [0.15, 0.2) is 11.5 Å². The molecule has 2 heterocycles. The summed E-state index contributed by atoms with van der Waals surface area (Å²) in [6, 6.07) is 4.02. The van der Waals surface area contributed by atoms with Gasteiger partial charge in [-0.15, -0.1) is 0 Å². The average molecular weight is 512 g/mol. The lowest BCUT2D eigenvalue weighted by molar-refractivity contribution is -0.131. The number of aliphatic hydroxyl groups excluding tert-OH is 1. The first-order chi connectivity index (χ1) is 17.2. The Bertz CT molecular complexity index is 1210. The Morgan fingerprint density at radius 2 is 1.89 bits per heavy atom. The number of aliphatic hydroxyl groups is 1. The van der Waals surface area contributed by atoms with Crippen molar-refractivity contribution < 1.29 is 23.6 Å². The molecule has 194 valence electrons. The minimum atomic E-state index is -1.39. The standard InChI is InChI=1S/C29H37NO5S/c1-27(2)18-7-9-28(27,23(31)13-18)15-36(33)29-19-6-5-17(11-19)24(29)25-20-14-22(35-4)21(34-3)12-16(20)8-10-30(25)26(29)32/h5-6,12,14,17-19,23-25,31H,7-11,13,15H2,1-4H3/t17-,18-,19+,23-,24+,25+,28-,29-,36-/m1/s1. The van der Waals surface area contributed by atoms with Crippen LogP contribution in [0.25, 0.3) is 0 Å². The van der Waals surface area contributed by atoms with Gasteiger partial charge < -0.3 is 19.5 Å². The summed E-state index contributed by atoms with van der Waals surface area (Å²) in [5.74, 6) is 2.59. The monoisotopic (exact) mass is 511 g/mol. The first-order valence-corrected chi connectivity index (χ1v) is 14.8. The van der Waals surface area contributed by atoms with Gasteiger partial charge in [-0.2, -0.15) is 0 Å². The zero-order chi connectivity index (χ0) is 25.2. The molecular weight excluding hydrogens is 474 g/mol. The van der Waals surface area contributed by atoms with Crippen LogP contribution < -0.4 is 9.47 Å². The summed E-state index contributed by atoms with van der Waals surface area (Å²) in [6.45, 7) is 5.15. The number of hydrogen-bond acceptors (Lipinski definition) is 5. The molecule has 2 aliphatic heterocycles. The van der Waals surface area contributed by atoms with Crippen molar-refractivity contribution in [2.75, 3.05) is 26.5 Å². The van der Waals surface area contributed by atoms with E-state index in [9.17, 15) is 14.1 Å². The Hall–Kier alpha value is -1.86. The van der Waals surface area contributed by atoms with E-state index in [2.05, 4.69) is 38.1 Å². The highest BCUT2D eigenvalue weighted by molar-refractivity contribution is 7.87. The first-order valence-electron chi connectivity index (χ1n) is 13.5. The van der Waals surface area contributed by atoms with Crippen molar-refractivity contribution >= 4 is 16.7 Å². The number of carbonyl (C=O) groups is 1. The number of hydrogen-bond donors (Lipinski definition) is 1. The van der Waals surface area contributed by atoms with Crippen LogP contribution in [0, 0.1) is 34.5 Å². The molecular formula is C29H37NO5S. The van der Waals surface area contributed by atoms with Crippen LogP contribution in [-0.2, 0) is 22.0 Å². The zero-order valence-electron chi connectivity index (χ0n) is 21.7. The highest BCUT2D eigenvalue weighted by Gasteiger charge is 2.74. The Kier molecular flexibility index (Phi) is 4.77. The molecule has 4 fully saturated rings. The van der Waals surface area contributed by atoms with Crippen LogP contribution in [0.5, 0.6) is 11.5 Å². The van der Waals surface area contributed by atoms with Crippen LogP contribution in [0.2, 0.25) is 0 Å². The molecule has 0 aromatic heterocycles. The second kappa shape index (κ2) is 7.37. The highest BCUT2D eigenvalue weighted by Crippen LogP contribution is 2.69. The molecule has 1 aromatic carbocycles. The molecule has 7 rings (SSSR count). The van der Waals surface area contributed by atoms with E-state index >= 15 is 0 Å². The number of methoxy groups -OCH3 is 2. The minimum absolute atomic E-state index is 0.00489. The van der Waals surface area contributed by atoms with E-state index in [-0.39, 0.29) is 40.5 Å². The van der Waals surface area contributed by atoms with Gasteiger partial charge in [-0.25, -0.2) is 0 Å². The summed E-state index contributed by atoms with van der Waals surface area (Å²) >= 11 is 0. The van der Waals surface area contributed by atoms with Crippen molar-refractivity contribution in [3.05, 3.63) is 35.4 Å². The van der Waals surface area contributed by atoms with Crippen molar-refractivity contribution in [1.82, 2.24) is 4.90 Å². The number of amides is 1. The van der Waals surface area contributed by atoms with Gasteiger partial charge in [0.05, 0.1) is 26.4 Å². The van der Waals surface area contributed by atoms with Crippen molar-refractivity contribution in [3.63, 3.8) is 0 Å². The van der Waals surface area contributed by atoms with Crippen LogP contribution in [0.4, 0.5) is 0 Å². The Morgan fingerprint density at radius 3 is 2.56 bits per heavy atom. The maximum absolute atomic E-state index is 14.8. The third kappa shape index (κ3) is 2.48. The molecule has 1 aromatic rings. The zero-order valence-corrected chi connectivity index (χ0v) is 22.5. The normalized spacial score (nSPS) is 43.5. The Morgan fingerprint density at radius 1 is 1.14 bits per heavy atom. The van der Waals surface area contributed by atoms with Gasteiger partial charge in [0.1, 0.15) is 4.75 Å². The number of fused-ring (bicyclic) bond motifs is 11. The quantitative estimate of drug-likeness (QED) is 0.611. The summed E-state index contributed by atoms with van der Waals surface area (Å²) in [4.78, 5) is 16.5. The Labute approximate surface area is 215 Å². The smallest absolute Gasteiger partial charge is 0.242 e. The number of nitrogens with zero attached hydrogens (tertiary/aromatic N) is 1. The van der Waals surface area contributed by atoms with Gasteiger partial charge in [0.25, 0.3) is 0 Å². The third-order valence-corrected chi connectivity index (χ3v) is 13.9. The summed E-state index contributed by atoms with van der Waals surface area (Å²) in [6.07, 6.45) is 8.46. The number of rotatable bonds is 5. The second-order valence-corrected chi connectivity index (χ2v) is 14.3. The largest absolute Gasteiger partial charge is 0.493 e. The van der Waals surface area contributed by atoms with Gasteiger partial charge in [0.2, 0.25) is 5.91 Å². The molecule has 0 radical (unpaired) electrons. The van der Waals surface area contributed by atoms with E-state index in [1.54, 1.807) is 14.2 Å². The molecule has 4 aliphatic carbocycles. The van der Waals surface area contributed by atoms with Crippen LogP contribution >= 0.6 is 0 Å². The molecule has 36 heavy (non-hydrogen) atoms. The fraction of sp³-hybridized carbons (Fsp3) is 0.690. The van der Waals surface area contributed by atoms with Gasteiger partial charge in [0, 0.05) is 40.3 Å². The molecule has 0 spiro atoms. The molecule has 1 saturated heterocycles. The fourth-order valence-electron chi connectivity index (χ4n) is 9.61. The molecule has 4 bridgehead atoms. The predicted octanol–water partition coefficient (Wildman–Crippen LogP) is 3.64. The van der Waals surface area contributed by atoms with Gasteiger partial charge >= 0.3 is 0 Å². The second-order valence-electron chi connectivity index (χ2n) is 12.7. The van der Waals surface area contributed by atoms with Gasteiger partial charge in [-0.05, 0) is 72.6 Å². The molecule has 3 saturated carbocycles. The number of allylic oxidation sites excluding steroid dienone is 2. The maximum atomic E-state index is 14.8. The lowest BCUT2D eigenvalue weighted by Gasteiger charge is -2.43. The van der Waals surface area contributed by atoms with Crippen molar-refractivity contribution in [3.8, 4) is 11.5 Å². The van der Waals surface area contributed by atoms with Crippen molar-refractivity contribution in [2.24, 2.45) is 34.5 Å². The summed E-state index contributed by atoms with van der Waals surface area (Å²) in [7, 11) is 1.91. The molecule has 6 aliphatic rings. The summed E-state index contributed by atoms with van der Waals surface area (Å²) < 4.78 is 25.1. The van der Waals surface area contributed by atoms with Crippen LogP contribution in [0.1, 0.15) is 56.7 Å². The lowest BCUT2D eigenvalue weighted by Crippen LogP contribution is -2.55. The van der Waals surface area contributed by atoms with E-state index in [0.29, 0.717) is 29.7 Å². The van der Waals surface area contributed by atoms with E-state index in [1.807, 2.05) is 4.90 Å². The maximum Gasteiger partial charge on any atom is 0.242 e. The average Bonchev–Trinajstić information content (AvgIpc) is 3.62. The first kappa shape index (κ1) is 23.3. The van der Waals surface area contributed by atoms with E-state index in [1.165, 1.54) is 5.56 Å². The van der Waals surface area contributed by atoms with Crippen LogP contribution in [0.15, 0.2) is 24.3 Å². The van der Waals surface area contributed by atoms with Gasteiger partial charge in [-0.1, -0.05) is 26.0 Å². The third-order valence-electron chi connectivity index (χ3n) is 11.6. The minimum Gasteiger partial charge on any atom is -0.493 e. The fourth-order valence-corrected chi connectivity index (χ4v) is 12.5. The van der Waals surface area contributed by atoms with E-state index in [4.69, 9.17) is 9.47 Å². The van der Waals surface area contributed by atoms with Crippen LogP contribution in [0.3, 0.4) is 0 Å². The topological polar surface area (TPSA) is 76.1 Å². The van der Waals surface area contributed by atoms with Crippen molar-refractivity contribution in [1.29, 1.82) is 0 Å². The highest BCUT2D eigenvalue weighted by atomic mass is 32.2. The molecule has 0 unspecified atom stereocenters. The molecule has 6 nitrogen and oxygen atoms in total. The number of ether oxygens (including phenoxy) is 2. The molecule has 1 N–H and O–H groups in total.